The molecule has 0 aromatic heterocycles. The first-order valence-electron chi connectivity index (χ1n) is 6.15. The van der Waals surface area contributed by atoms with Crippen LogP contribution < -0.4 is 5.32 Å². The van der Waals surface area contributed by atoms with E-state index < -0.39 is 11.6 Å². The van der Waals surface area contributed by atoms with Crippen LogP contribution in [0.5, 0.6) is 0 Å². The van der Waals surface area contributed by atoms with Gasteiger partial charge in [-0.25, -0.2) is 4.79 Å². The number of halogens is 1. The van der Waals surface area contributed by atoms with Crippen molar-refractivity contribution in [2.75, 3.05) is 0 Å². The Labute approximate surface area is 123 Å². The van der Waals surface area contributed by atoms with Gasteiger partial charge in [-0.1, -0.05) is 23.7 Å². The van der Waals surface area contributed by atoms with E-state index >= 15 is 0 Å². The molecule has 1 aromatic carbocycles. The second-order valence-electron chi connectivity index (χ2n) is 5.29. The third-order valence-electron chi connectivity index (χ3n) is 2.11. The molecule has 108 valence electrons. The molecule has 0 fully saturated rings. The van der Waals surface area contributed by atoms with E-state index in [1.165, 1.54) is 6.92 Å². The summed E-state index contributed by atoms with van der Waals surface area (Å²) in [4.78, 5) is 23.2. The summed E-state index contributed by atoms with van der Waals surface area (Å²) in [5, 5.41) is 3.08. The zero-order chi connectivity index (χ0) is 15.3. The number of benzene rings is 1. The molecule has 4 nitrogen and oxygen atoms in total. The second kappa shape index (κ2) is 6.57. The van der Waals surface area contributed by atoms with Crippen LogP contribution in [-0.2, 0) is 14.3 Å². The molecule has 20 heavy (non-hydrogen) atoms. The van der Waals surface area contributed by atoms with E-state index in [0.29, 0.717) is 5.02 Å². The van der Waals surface area contributed by atoms with Crippen molar-refractivity contribution < 1.29 is 14.3 Å². The smallest absolute Gasteiger partial charge is 0.355 e. The molecule has 0 atom stereocenters. The summed E-state index contributed by atoms with van der Waals surface area (Å²) in [7, 11) is 0. The normalized spacial score (nSPS) is 11.9. The van der Waals surface area contributed by atoms with E-state index in [1.807, 2.05) is 0 Å². The van der Waals surface area contributed by atoms with Crippen LogP contribution in [0.25, 0.3) is 6.08 Å². The molecule has 1 N–H and O–H groups in total. The summed E-state index contributed by atoms with van der Waals surface area (Å²) in [6.07, 6.45) is 1.55. The number of esters is 1. The Hall–Kier alpha value is -1.81. The lowest BCUT2D eigenvalue weighted by Crippen LogP contribution is -2.31. The van der Waals surface area contributed by atoms with Crippen molar-refractivity contribution >= 4 is 29.6 Å². The van der Waals surface area contributed by atoms with Crippen LogP contribution in [0.4, 0.5) is 0 Å². The maximum atomic E-state index is 12.0. The standard InChI is InChI=1S/C15H18ClNO3/c1-10(18)17-13(14(19)20-15(2,3)4)9-11-5-7-12(16)8-6-11/h5-9H,1-4H3,(H,17,18)/b13-9+. The van der Waals surface area contributed by atoms with Gasteiger partial charge in [-0.3, -0.25) is 4.79 Å². The van der Waals surface area contributed by atoms with Gasteiger partial charge in [-0.15, -0.1) is 0 Å². The summed E-state index contributed by atoms with van der Waals surface area (Å²) in [5.74, 6) is -0.918. The summed E-state index contributed by atoms with van der Waals surface area (Å²) < 4.78 is 5.25. The summed E-state index contributed by atoms with van der Waals surface area (Å²) >= 11 is 5.80. The number of carbonyl (C=O) groups is 2. The number of amides is 1. The van der Waals surface area contributed by atoms with Crippen molar-refractivity contribution in [2.45, 2.75) is 33.3 Å². The molecule has 1 amide bonds. The van der Waals surface area contributed by atoms with Gasteiger partial charge in [0.25, 0.3) is 0 Å². The average Bonchev–Trinajstić information content (AvgIpc) is 2.28. The summed E-state index contributed by atoms with van der Waals surface area (Å²) in [6, 6.07) is 6.89. The van der Waals surface area contributed by atoms with Gasteiger partial charge >= 0.3 is 5.97 Å². The highest BCUT2D eigenvalue weighted by Crippen LogP contribution is 2.14. The zero-order valence-corrected chi connectivity index (χ0v) is 12.7. The van der Waals surface area contributed by atoms with E-state index in [4.69, 9.17) is 16.3 Å². The summed E-state index contributed by atoms with van der Waals surface area (Å²) in [5.41, 5.74) is 0.202. The van der Waals surface area contributed by atoms with E-state index in [0.717, 1.165) is 5.56 Å². The van der Waals surface area contributed by atoms with Gasteiger partial charge in [-0.2, -0.15) is 0 Å². The molecule has 0 bridgehead atoms. The van der Waals surface area contributed by atoms with Crippen LogP contribution in [0.2, 0.25) is 5.02 Å². The number of hydrogen-bond donors (Lipinski definition) is 1. The minimum atomic E-state index is -0.630. The number of ether oxygens (including phenoxy) is 1. The van der Waals surface area contributed by atoms with Crippen molar-refractivity contribution in [2.24, 2.45) is 0 Å². The SMILES string of the molecule is CC(=O)N/C(=C/c1ccc(Cl)cc1)C(=O)OC(C)(C)C. The molecule has 0 radical (unpaired) electrons. The Kier molecular flexibility index (Phi) is 5.34. The Bertz CT molecular complexity index is 527. The fourth-order valence-corrected chi connectivity index (χ4v) is 1.52. The fourth-order valence-electron chi connectivity index (χ4n) is 1.39. The van der Waals surface area contributed by atoms with E-state index in [-0.39, 0.29) is 11.6 Å². The molecular formula is C15H18ClNO3. The van der Waals surface area contributed by atoms with Crippen LogP contribution in [-0.4, -0.2) is 17.5 Å². The van der Waals surface area contributed by atoms with Crippen LogP contribution in [0.15, 0.2) is 30.0 Å². The van der Waals surface area contributed by atoms with E-state index in [2.05, 4.69) is 5.32 Å². The second-order valence-corrected chi connectivity index (χ2v) is 5.73. The van der Waals surface area contributed by atoms with Crippen LogP contribution >= 0.6 is 11.6 Å². The number of rotatable bonds is 3. The van der Waals surface area contributed by atoms with Crippen molar-refractivity contribution in [3.05, 3.63) is 40.5 Å². The van der Waals surface area contributed by atoms with Crippen molar-refractivity contribution in [3.63, 3.8) is 0 Å². The molecule has 1 rings (SSSR count). The van der Waals surface area contributed by atoms with E-state index in [9.17, 15) is 9.59 Å². The average molecular weight is 296 g/mol. The first kappa shape index (κ1) is 16.2. The monoisotopic (exact) mass is 295 g/mol. The Balaban J connectivity index is 3.02. The maximum Gasteiger partial charge on any atom is 0.355 e. The van der Waals surface area contributed by atoms with Gasteiger partial charge in [0.15, 0.2) is 0 Å². The molecule has 0 heterocycles. The Morgan fingerprint density at radius 1 is 1.20 bits per heavy atom. The summed E-state index contributed by atoms with van der Waals surface area (Å²) in [6.45, 7) is 6.62. The highest BCUT2D eigenvalue weighted by molar-refractivity contribution is 6.30. The van der Waals surface area contributed by atoms with Crippen molar-refractivity contribution in [1.82, 2.24) is 5.32 Å². The van der Waals surface area contributed by atoms with Crippen molar-refractivity contribution in [3.8, 4) is 0 Å². The molecule has 0 saturated heterocycles. The van der Waals surface area contributed by atoms with E-state index in [1.54, 1.807) is 51.1 Å². The Morgan fingerprint density at radius 2 is 1.75 bits per heavy atom. The number of hydrogen-bond acceptors (Lipinski definition) is 3. The van der Waals surface area contributed by atoms with Crippen molar-refractivity contribution in [1.29, 1.82) is 0 Å². The predicted octanol–water partition coefficient (Wildman–Crippen LogP) is 3.16. The first-order chi connectivity index (χ1) is 9.17. The predicted molar refractivity (Wildman–Crippen MR) is 79.1 cm³/mol. The topological polar surface area (TPSA) is 55.4 Å². The minimum absolute atomic E-state index is 0.0924. The first-order valence-corrected chi connectivity index (χ1v) is 6.53. The van der Waals surface area contributed by atoms with Crippen LogP contribution in [0, 0.1) is 0 Å². The van der Waals surface area contributed by atoms with Gasteiger partial charge < -0.3 is 10.1 Å². The van der Waals surface area contributed by atoms with Gasteiger partial charge in [0.05, 0.1) is 0 Å². The molecule has 0 aliphatic rings. The third kappa shape index (κ3) is 5.89. The molecular weight excluding hydrogens is 278 g/mol. The molecule has 0 saturated carbocycles. The molecule has 1 aromatic rings. The van der Waals surface area contributed by atoms with Crippen LogP contribution in [0.3, 0.4) is 0 Å². The molecule has 0 unspecified atom stereocenters. The fraction of sp³-hybridized carbons (Fsp3) is 0.333. The lowest BCUT2D eigenvalue weighted by Gasteiger charge is -2.20. The molecule has 0 aliphatic heterocycles. The maximum absolute atomic E-state index is 12.0. The third-order valence-corrected chi connectivity index (χ3v) is 2.36. The van der Waals surface area contributed by atoms with Gasteiger partial charge in [0.2, 0.25) is 5.91 Å². The van der Waals surface area contributed by atoms with Gasteiger partial charge in [0.1, 0.15) is 11.3 Å². The quantitative estimate of drug-likeness (QED) is 0.688. The van der Waals surface area contributed by atoms with Gasteiger partial charge in [0, 0.05) is 11.9 Å². The largest absolute Gasteiger partial charge is 0.455 e. The molecule has 0 aliphatic carbocycles. The number of nitrogens with one attached hydrogen (secondary N) is 1. The Morgan fingerprint density at radius 3 is 2.20 bits per heavy atom. The van der Waals surface area contributed by atoms with Gasteiger partial charge in [-0.05, 0) is 44.5 Å². The number of carbonyl (C=O) groups excluding carboxylic acids is 2. The highest BCUT2D eigenvalue weighted by Gasteiger charge is 2.20. The molecule has 5 heteroatoms. The molecule has 0 spiro atoms. The van der Waals surface area contributed by atoms with Crippen LogP contribution in [0.1, 0.15) is 33.3 Å². The lowest BCUT2D eigenvalue weighted by atomic mass is 10.1. The zero-order valence-electron chi connectivity index (χ0n) is 12.0. The lowest BCUT2D eigenvalue weighted by molar-refractivity contribution is -0.150. The highest BCUT2D eigenvalue weighted by atomic mass is 35.5. The minimum Gasteiger partial charge on any atom is -0.455 e.